The van der Waals surface area contributed by atoms with Gasteiger partial charge in [0.2, 0.25) is 5.91 Å². The smallest absolute Gasteiger partial charge is 0.290 e. The van der Waals surface area contributed by atoms with Crippen molar-refractivity contribution in [1.29, 1.82) is 0 Å². The molecule has 0 bridgehead atoms. The molecule has 0 aliphatic carbocycles. The summed E-state index contributed by atoms with van der Waals surface area (Å²) in [7, 11) is 0. The molecular weight excluding hydrogens is 332 g/mol. The lowest BCUT2D eigenvalue weighted by Gasteiger charge is -2.24. The van der Waals surface area contributed by atoms with Gasteiger partial charge in [0, 0.05) is 18.8 Å². The second-order valence-electron chi connectivity index (χ2n) is 6.59. The predicted molar refractivity (Wildman–Crippen MR) is 98.1 cm³/mol. The Hall–Kier alpha value is -2.60. The molecule has 1 atom stereocenters. The molecule has 1 aromatic carbocycles. The molecule has 2 aromatic rings. The Morgan fingerprint density at radius 1 is 1.23 bits per heavy atom. The number of aryl methyl sites for hydroxylation is 1. The van der Waals surface area contributed by atoms with Crippen LogP contribution < -0.4 is 5.32 Å². The Bertz CT molecular complexity index is 764. The number of carbonyl (C=O) groups is 2. The first kappa shape index (κ1) is 18.2. The number of benzene rings is 1. The van der Waals surface area contributed by atoms with Crippen molar-refractivity contribution in [3.63, 3.8) is 0 Å². The van der Waals surface area contributed by atoms with Gasteiger partial charge in [0.1, 0.15) is 6.54 Å². The first-order valence-electron chi connectivity index (χ1n) is 8.85. The van der Waals surface area contributed by atoms with Gasteiger partial charge in [-0.3, -0.25) is 9.59 Å². The number of amides is 2. The summed E-state index contributed by atoms with van der Waals surface area (Å²) in [5.74, 6) is -0.319. The van der Waals surface area contributed by atoms with E-state index < -0.39 is 0 Å². The van der Waals surface area contributed by atoms with Gasteiger partial charge in [0.25, 0.3) is 5.91 Å². The number of hydrogen-bond donors (Lipinski definition) is 1. The van der Waals surface area contributed by atoms with Crippen molar-refractivity contribution in [1.82, 2.24) is 4.90 Å². The average molecular weight is 356 g/mol. The Labute approximate surface area is 153 Å². The van der Waals surface area contributed by atoms with E-state index >= 15 is 0 Å². The molecule has 2 heterocycles. The molecule has 26 heavy (non-hydrogen) atoms. The van der Waals surface area contributed by atoms with Crippen molar-refractivity contribution >= 4 is 17.5 Å². The minimum atomic E-state index is -0.304. The van der Waals surface area contributed by atoms with Crippen LogP contribution in [0.15, 0.2) is 41.0 Å². The minimum absolute atomic E-state index is 0.0394. The number of furan rings is 1. The Morgan fingerprint density at radius 2 is 2.08 bits per heavy atom. The van der Waals surface area contributed by atoms with E-state index in [1.54, 1.807) is 12.1 Å². The third-order valence-electron chi connectivity index (χ3n) is 4.68. The van der Waals surface area contributed by atoms with Gasteiger partial charge in [0.15, 0.2) is 5.76 Å². The van der Waals surface area contributed by atoms with Gasteiger partial charge in [-0.05, 0) is 56.0 Å². The number of hydrogen-bond acceptors (Lipinski definition) is 4. The minimum Gasteiger partial charge on any atom is -0.459 e. The zero-order valence-corrected chi connectivity index (χ0v) is 15.2. The molecule has 3 rings (SSSR count). The Balaban J connectivity index is 1.70. The topological polar surface area (TPSA) is 71.8 Å². The highest BCUT2D eigenvalue weighted by molar-refractivity contribution is 5.98. The highest BCUT2D eigenvalue weighted by atomic mass is 16.5. The van der Waals surface area contributed by atoms with E-state index in [-0.39, 0.29) is 30.2 Å². The molecule has 0 saturated carbocycles. The molecule has 1 saturated heterocycles. The van der Waals surface area contributed by atoms with Gasteiger partial charge < -0.3 is 19.4 Å². The van der Waals surface area contributed by atoms with Crippen molar-refractivity contribution in [3.8, 4) is 0 Å². The first-order chi connectivity index (χ1) is 12.5. The van der Waals surface area contributed by atoms with Gasteiger partial charge in [-0.2, -0.15) is 0 Å². The predicted octanol–water partition coefficient (Wildman–Crippen LogP) is 3.16. The molecule has 1 N–H and O–H groups in total. The third kappa shape index (κ3) is 4.32. The van der Waals surface area contributed by atoms with Gasteiger partial charge in [-0.1, -0.05) is 12.1 Å². The summed E-state index contributed by atoms with van der Waals surface area (Å²) >= 11 is 0. The van der Waals surface area contributed by atoms with Crippen LogP contribution in [0.25, 0.3) is 0 Å². The lowest BCUT2D eigenvalue weighted by molar-refractivity contribution is -0.117. The zero-order chi connectivity index (χ0) is 18.5. The van der Waals surface area contributed by atoms with E-state index in [9.17, 15) is 9.59 Å². The van der Waals surface area contributed by atoms with E-state index in [2.05, 4.69) is 5.32 Å². The normalized spacial score (nSPS) is 16.5. The molecule has 1 aromatic heterocycles. The summed E-state index contributed by atoms with van der Waals surface area (Å²) in [6.07, 6.45) is 3.28. The molecule has 138 valence electrons. The molecule has 0 radical (unpaired) electrons. The standard InChI is InChI=1S/C20H24N2O4/c1-14-6-3-8-17(15(14)2)21-19(23)13-22(12-16-7-4-10-25-16)20(24)18-9-5-11-26-18/h3,5-6,8-9,11,16H,4,7,10,12-13H2,1-2H3,(H,21,23). The van der Waals surface area contributed by atoms with Crippen LogP contribution in [0.4, 0.5) is 5.69 Å². The Morgan fingerprint density at radius 3 is 2.77 bits per heavy atom. The van der Waals surface area contributed by atoms with Crippen LogP contribution in [0.2, 0.25) is 0 Å². The highest BCUT2D eigenvalue weighted by Crippen LogP contribution is 2.19. The van der Waals surface area contributed by atoms with E-state index in [4.69, 9.17) is 9.15 Å². The van der Waals surface area contributed by atoms with E-state index in [1.807, 2.05) is 32.0 Å². The summed E-state index contributed by atoms with van der Waals surface area (Å²) < 4.78 is 10.8. The zero-order valence-electron chi connectivity index (χ0n) is 15.2. The van der Waals surface area contributed by atoms with Crippen molar-refractivity contribution in [2.24, 2.45) is 0 Å². The molecule has 6 nitrogen and oxygen atoms in total. The van der Waals surface area contributed by atoms with Crippen LogP contribution in [0, 0.1) is 13.8 Å². The SMILES string of the molecule is Cc1cccc(NC(=O)CN(CC2CCCO2)C(=O)c2ccco2)c1C. The van der Waals surface area contributed by atoms with Crippen LogP contribution in [-0.4, -0.2) is 42.5 Å². The van der Waals surface area contributed by atoms with Crippen LogP contribution in [0.3, 0.4) is 0 Å². The van der Waals surface area contributed by atoms with Crippen molar-refractivity contribution < 1.29 is 18.7 Å². The number of rotatable bonds is 6. The summed E-state index contributed by atoms with van der Waals surface area (Å²) in [5.41, 5.74) is 2.88. The van der Waals surface area contributed by atoms with Gasteiger partial charge in [-0.15, -0.1) is 0 Å². The number of carbonyl (C=O) groups excluding carboxylic acids is 2. The van der Waals surface area contributed by atoms with Crippen molar-refractivity contribution in [2.45, 2.75) is 32.8 Å². The largest absolute Gasteiger partial charge is 0.459 e. The number of nitrogens with zero attached hydrogens (tertiary/aromatic N) is 1. The second-order valence-corrected chi connectivity index (χ2v) is 6.59. The molecule has 1 unspecified atom stereocenters. The molecule has 2 amide bonds. The van der Waals surface area contributed by atoms with Gasteiger partial charge >= 0.3 is 0 Å². The quantitative estimate of drug-likeness (QED) is 0.863. The average Bonchev–Trinajstić information content (AvgIpc) is 3.31. The van der Waals surface area contributed by atoms with Gasteiger partial charge in [0.05, 0.1) is 12.4 Å². The fourth-order valence-electron chi connectivity index (χ4n) is 3.06. The molecule has 1 aliphatic rings. The Kier molecular flexibility index (Phi) is 5.73. The van der Waals surface area contributed by atoms with Crippen LogP contribution in [-0.2, 0) is 9.53 Å². The second kappa shape index (κ2) is 8.19. The van der Waals surface area contributed by atoms with E-state index in [0.717, 1.165) is 29.7 Å². The van der Waals surface area contributed by atoms with Crippen LogP contribution in [0.1, 0.15) is 34.5 Å². The van der Waals surface area contributed by atoms with Crippen molar-refractivity contribution in [2.75, 3.05) is 25.0 Å². The van der Waals surface area contributed by atoms with Crippen LogP contribution in [0.5, 0.6) is 0 Å². The summed E-state index contributed by atoms with van der Waals surface area (Å²) in [6.45, 7) is 4.98. The van der Waals surface area contributed by atoms with Crippen molar-refractivity contribution in [3.05, 3.63) is 53.5 Å². The lowest BCUT2D eigenvalue weighted by Crippen LogP contribution is -2.42. The highest BCUT2D eigenvalue weighted by Gasteiger charge is 2.26. The lowest BCUT2D eigenvalue weighted by atomic mass is 10.1. The number of nitrogens with one attached hydrogen (secondary N) is 1. The fourth-order valence-corrected chi connectivity index (χ4v) is 3.06. The number of anilines is 1. The molecule has 0 spiro atoms. The summed E-state index contributed by atoms with van der Waals surface area (Å²) in [4.78, 5) is 26.8. The maximum Gasteiger partial charge on any atom is 0.290 e. The number of ether oxygens (including phenoxy) is 1. The first-order valence-corrected chi connectivity index (χ1v) is 8.85. The molecule has 1 aliphatic heterocycles. The molecular formula is C20H24N2O4. The maximum absolute atomic E-state index is 12.7. The monoisotopic (exact) mass is 356 g/mol. The van der Waals surface area contributed by atoms with Gasteiger partial charge in [-0.25, -0.2) is 0 Å². The molecule has 1 fully saturated rings. The maximum atomic E-state index is 12.7. The summed E-state index contributed by atoms with van der Waals surface area (Å²) in [5, 5.41) is 2.90. The fraction of sp³-hybridized carbons (Fsp3) is 0.400. The molecule has 6 heteroatoms. The third-order valence-corrected chi connectivity index (χ3v) is 4.68. The van der Waals surface area contributed by atoms with E-state index in [0.29, 0.717) is 13.2 Å². The van der Waals surface area contributed by atoms with E-state index in [1.165, 1.54) is 11.2 Å². The van der Waals surface area contributed by atoms with Crippen LogP contribution >= 0.6 is 0 Å². The summed E-state index contributed by atoms with van der Waals surface area (Å²) in [6, 6.07) is 9.02.